The highest BCUT2D eigenvalue weighted by Crippen LogP contribution is 2.29. The lowest BCUT2D eigenvalue weighted by Gasteiger charge is -2.23. The zero-order chi connectivity index (χ0) is 17.5. The SMILES string of the molecule is COc1cc(N(C=O)CC(=O)N(C)Cc2ccccc2)ccc1Br. The number of ether oxygens (including phenoxy) is 1. The first-order chi connectivity index (χ1) is 11.5. The number of likely N-dealkylation sites (N-methyl/N-ethyl adjacent to an activating group) is 1. The molecule has 0 N–H and O–H groups in total. The third kappa shape index (κ3) is 4.58. The van der Waals surface area contributed by atoms with E-state index in [9.17, 15) is 9.59 Å². The van der Waals surface area contributed by atoms with Gasteiger partial charge in [0.2, 0.25) is 12.3 Å². The van der Waals surface area contributed by atoms with Crippen LogP contribution in [0.4, 0.5) is 5.69 Å². The lowest BCUT2D eigenvalue weighted by atomic mass is 10.2. The molecule has 126 valence electrons. The molecule has 0 heterocycles. The molecule has 0 spiro atoms. The topological polar surface area (TPSA) is 49.9 Å². The van der Waals surface area contributed by atoms with Gasteiger partial charge in [-0.15, -0.1) is 0 Å². The molecule has 2 aromatic carbocycles. The number of halogens is 1. The second-order valence-corrected chi connectivity index (χ2v) is 6.14. The molecular formula is C18H19BrN2O3. The first-order valence-corrected chi connectivity index (χ1v) is 8.18. The van der Waals surface area contributed by atoms with Crippen LogP contribution in [0.25, 0.3) is 0 Å². The van der Waals surface area contributed by atoms with E-state index in [0.717, 1.165) is 10.0 Å². The molecule has 6 heteroatoms. The quantitative estimate of drug-likeness (QED) is 0.682. The highest BCUT2D eigenvalue weighted by Gasteiger charge is 2.16. The molecule has 0 bridgehead atoms. The van der Waals surface area contributed by atoms with Crippen LogP contribution in [0.3, 0.4) is 0 Å². The van der Waals surface area contributed by atoms with Gasteiger partial charge >= 0.3 is 0 Å². The minimum absolute atomic E-state index is 0.0301. The van der Waals surface area contributed by atoms with Crippen LogP contribution in [0.15, 0.2) is 53.0 Å². The van der Waals surface area contributed by atoms with Crippen molar-refractivity contribution in [2.45, 2.75) is 6.54 Å². The maximum atomic E-state index is 12.4. The molecule has 2 aromatic rings. The molecular weight excluding hydrogens is 372 g/mol. The van der Waals surface area contributed by atoms with Crippen molar-refractivity contribution in [3.63, 3.8) is 0 Å². The Balaban J connectivity index is 2.06. The van der Waals surface area contributed by atoms with Gasteiger partial charge in [-0.25, -0.2) is 0 Å². The number of carbonyl (C=O) groups is 2. The van der Waals surface area contributed by atoms with E-state index >= 15 is 0 Å². The van der Waals surface area contributed by atoms with Crippen LogP contribution in [0.2, 0.25) is 0 Å². The molecule has 0 unspecified atom stereocenters. The Hall–Kier alpha value is -2.34. The molecule has 0 aliphatic rings. The van der Waals surface area contributed by atoms with Gasteiger partial charge in [-0.3, -0.25) is 9.59 Å². The van der Waals surface area contributed by atoms with Crippen molar-refractivity contribution in [2.24, 2.45) is 0 Å². The van der Waals surface area contributed by atoms with Gasteiger partial charge in [0.25, 0.3) is 0 Å². The van der Waals surface area contributed by atoms with Gasteiger partial charge in [-0.2, -0.15) is 0 Å². The predicted octanol–water partition coefficient (Wildman–Crippen LogP) is 3.08. The summed E-state index contributed by atoms with van der Waals surface area (Å²) in [6, 6.07) is 15.0. The summed E-state index contributed by atoms with van der Waals surface area (Å²) in [5.41, 5.74) is 1.64. The Labute approximate surface area is 150 Å². The summed E-state index contributed by atoms with van der Waals surface area (Å²) in [5.74, 6) is 0.456. The fourth-order valence-corrected chi connectivity index (χ4v) is 2.64. The van der Waals surface area contributed by atoms with Crippen molar-refractivity contribution in [1.82, 2.24) is 4.90 Å². The number of anilines is 1. The first-order valence-electron chi connectivity index (χ1n) is 7.38. The predicted molar refractivity (Wildman–Crippen MR) is 97.0 cm³/mol. The number of carbonyl (C=O) groups excluding carboxylic acids is 2. The van der Waals surface area contributed by atoms with Crippen molar-refractivity contribution < 1.29 is 14.3 Å². The summed E-state index contributed by atoms with van der Waals surface area (Å²) in [6.07, 6.45) is 0.650. The van der Waals surface area contributed by atoms with E-state index in [2.05, 4.69) is 15.9 Å². The van der Waals surface area contributed by atoms with E-state index in [1.807, 2.05) is 30.3 Å². The Bertz CT molecular complexity index is 707. The van der Waals surface area contributed by atoms with Crippen molar-refractivity contribution in [1.29, 1.82) is 0 Å². The van der Waals surface area contributed by atoms with Gasteiger partial charge in [-0.05, 0) is 33.6 Å². The third-order valence-corrected chi connectivity index (χ3v) is 4.24. The number of amides is 2. The van der Waals surface area contributed by atoms with Crippen LogP contribution in [0, 0.1) is 0 Å². The van der Waals surface area contributed by atoms with Gasteiger partial charge in [0.1, 0.15) is 12.3 Å². The maximum absolute atomic E-state index is 12.4. The first kappa shape index (κ1) is 18.0. The monoisotopic (exact) mass is 390 g/mol. The molecule has 0 radical (unpaired) electrons. The van der Waals surface area contributed by atoms with E-state index < -0.39 is 0 Å². The van der Waals surface area contributed by atoms with E-state index in [4.69, 9.17) is 4.74 Å². The van der Waals surface area contributed by atoms with Crippen LogP contribution in [0.1, 0.15) is 5.56 Å². The number of hydrogen-bond donors (Lipinski definition) is 0. The molecule has 0 saturated heterocycles. The zero-order valence-electron chi connectivity index (χ0n) is 13.6. The van der Waals surface area contributed by atoms with E-state index in [-0.39, 0.29) is 12.5 Å². The molecule has 0 atom stereocenters. The minimum atomic E-state index is -0.146. The van der Waals surface area contributed by atoms with Gasteiger partial charge in [0.15, 0.2) is 0 Å². The maximum Gasteiger partial charge on any atom is 0.242 e. The summed E-state index contributed by atoms with van der Waals surface area (Å²) < 4.78 is 6.01. The van der Waals surface area contributed by atoms with Crippen LogP contribution in [-0.4, -0.2) is 37.9 Å². The van der Waals surface area contributed by atoms with Crippen molar-refractivity contribution >= 4 is 33.9 Å². The molecule has 24 heavy (non-hydrogen) atoms. The van der Waals surface area contributed by atoms with Crippen molar-refractivity contribution in [3.05, 3.63) is 58.6 Å². The van der Waals surface area contributed by atoms with Gasteiger partial charge in [0.05, 0.1) is 11.6 Å². The average Bonchev–Trinajstić information content (AvgIpc) is 2.60. The Kier molecular flexibility index (Phi) is 6.37. The smallest absolute Gasteiger partial charge is 0.242 e. The second-order valence-electron chi connectivity index (χ2n) is 5.29. The molecule has 0 aliphatic carbocycles. The standard InChI is InChI=1S/C18H19BrN2O3/c1-20(11-14-6-4-3-5-7-14)18(23)12-21(13-22)15-8-9-16(19)17(10-15)24-2/h3-10,13H,11-12H2,1-2H3. The molecule has 2 amide bonds. The van der Waals surface area contributed by atoms with Crippen LogP contribution in [-0.2, 0) is 16.1 Å². The number of benzene rings is 2. The molecule has 0 fully saturated rings. The zero-order valence-corrected chi connectivity index (χ0v) is 15.2. The van der Waals surface area contributed by atoms with Crippen LogP contribution >= 0.6 is 15.9 Å². The van der Waals surface area contributed by atoms with Gasteiger partial charge in [-0.1, -0.05) is 30.3 Å². The number of rotatable bonds is 7. The van der Waals surface area contributed by atoms with Gasteiger partial charge < -0.3 is 14.5 Å². The lowest BCUT2D eigenvalue weighted by molar-refractivity contribution is -0.129. The summed E-state index contributed by atoms with van der Waals surface area (Å²) >= 11 is 3.37. The minimum Gasteiger partial charge on any atom is -0.495 e. The van der Waals surface area contributed by atoms with Gasteiger partial charge in [0, 0.05) is 25.3 Å². The number of methoxy groups -OCH3 is 1. The summed E-state index contributed by atoms with van der Waals surface area (Å²) in [7, 11) is 3.27. The van der Waals surface area contributed by atoms with E-state index in [0.29, 0.717) is 24.4 Å². The fourth-order valence-electron chi connectivity index (χ4n) is 2.23. The van der Waals surface area contributed by atoms with E-state index in [1.54, 1.807) is 37.3 Å². The molecule has 2 rings (SSSR count). The Morgan fingerprint density at radius 2 is 1.92 bits per heavy atom. The van der Waals surface area contributed by atoms with Crippen LogP contribution in [0.5, 0.6) is 5.75 Å². The van der Waals surface area contributed by atoms with Crippen molar-refractivity contribution in [3.8, 4) is 5.75 Å². The Morgan fingerprint density at radius 3 is 2.54 bits per heavy atom. The normalized spacial score (nSPS) is 10.1. The highest BCUT2D eigenvalue weighted by molar-refractivity contribution is 9.10. The molecule has 0 aromatic heterocycles. The van der Waals surface area contributed by atoms with E-state index in [1.165, 1.54) is 4.90 Å². The second kappa shape index (κ2) is 8.49. The number of nitrogens with zero attached hydrogens (tertiary/aromatic N) is 2. The van der Waals surface area contributed by atoms with Crippen LogP contribution < -0.4 is 9.64 Å². The molecule has 0 aliphatic heterocycles. The van der Waals surface area contributed by atoms with Crippen molar-refractivity contribution in [2.75, 3.05) is 25.6 Å². The summed E-state index contributed by atoms with van der Waals surface area (Å²) in [5, 5.41) is 0. The largest absolute Gasteiger partial charge is 0.495 e. The highest BCUT2D eigenvalue weighted by atomic mass is 79.9. The number of hydrogen-bond acceptors (Lipinski definition) is 3. The summed E-state index contributed by atoms with van der Waals surface area (Å²) in [6.45, 7) is 0.466. The fraction of sp³-hybridized carbons (Fsp3) is 0.222. The molecule has 0 saturated carbocycles. The lowest BCUT2D eigenvalue weighted by Crippen LogP contribution is -2.37. The average molecular weight is 391 g/mol. The summed E-state index contributed by atoms with van der Waals surface area (Å²) in [4.78, 5) is 26.8. The Morgan fingerprint density at radius 1 is 1.21 bits per heavy atom. The third-order valence-electron chi connectivity index (χ3n) is 3.59. The molecule has 5 nitrogen and oxygen atoms in total.